The molecule has 1 heterocycles. The average molecular weight is 603 g/mol. The summed E-state index contributed by atoms with van der Waals surface area (Å²) in [7, 11) is 0. The van der Waals surface area contributed by atoms with E-state index >= 15 is 4.39 Å². The van der Waals surface area contributed by atoms with Gasteiger partial charge in [-0.05, 0) is 63.4 Å². The molecule has 0 unspecified atom stereocenters. The highest BCUT2D eigenvalue weighted by Crippen LogP contribution is 2.41. The molecule has 6 nitrogen and oxygen atoms in total. The van der Waals surface area contributed by atoms with Gasteiger partial charge in [-0.25, -0.2) is 9.18 Å². The van der Waals surface area contributed by atoms with Crippen LogP contribution in [0.1, 0.15) is 69.3 Å². The van der Waals surface area contributed by atoms with E-state index in [1.807, 2.05) is 0 Å². The Labute approximate surface area is 239 Å². The van der Waals surface area contributed by atoms with Crippen LogP contribution in [0.5, 0.6) is 0 Å². The Morgan fingerprint density at radius 1 is 1.10 bits per heavy atom. The van der Waals surface area contributed by atoms with Crippen molar-refractivity contribution in [2.24, 2.45) is 0 Å². The number of benzene rings is 2. The van der Waals surface area contributed by atoms with E-state index in [2.05, 4.69) is 5.32 Å². The molecule has 0 saturated heterocycles. The van der Waals surface area contributed by atoms with Crippen LogP contribution in [0.4, 0.5) is 28.0 Å². The van der Waals surface area contributed by atoms with E-state index in [1.165, 1.54) is 11.0 Å². The number of amides is 2. The average Bonchev–Trinajstić information content (AvgIpc) is 2.91. The van der Waals surface area contributed by atoms with Gasteiger partial charge in [0.1, 0.15) is 17.5 Å². The van der Waals surface area contributed by atoms with Crippen molar-refractivity contribution in [1.29, 1.82) is 0 Å². The summed E-state index contributed by atoms with van der Waals surface area (Å²) in [6, 6.07) is 8.08. The maximum absolute atomic E-state index is 15.2. The molecule has 3 rings (SSSR count). The Balaban J connectivity index is 1.96. The summed E-state index contributed by atoms with van der Waals surface area (Å²) in [5, 5.41) is 2.57. The molecule has 2 atom stereocenters. The predicted octanol–water partition coefficient (Wildman–Crippen LogP) is 7.71. The molecule has 1 aliphatic rings. The highest BCUT2D eigenvalue weighted by molar-refractivity contribution is 8.00. The summed E-state index contributed by atoms with van der Waals surface area (Å²) in [5.74, 6) is -2.00. The summed E-state index contributed by atoms with van der Waals surface area (Å²) in [5.41, 5.74) is -0.181. The van der Waals surface area contributed by atoms with Crippen molar-refractivity contribution in [2.45, 2.75) is 87.9 Å². The number of ether oxygens (including phenoxy) is 1. The largest absolute Gasteiger partial charge is 0.444 e. The topological polar surface area (TPSA) is 75.7 Å². The molecular weight excluding hydrogens is 572 g/mol. The molecule has 40 heavy (non-hydrogen) atoms. The fraction of sp³-hybridized carbons (Fsp3) is 0.464. The number of hydrogen-bond acceptors (Lipinski definition) is 5. The van der Waals surface area contributed by atoms with E-state index in [0.717, 1.165) is 17.8 Å². The van der Waals surface area contributed by atoms with Gasteiger partial charge in [-0.1, -0.05) is 30.7 Å². The number of alkyl carbamates (subject to hydrolysis) is 1. The van der Waals surface area contributed by atoms with Crippen molar-refractivity contribution in [3.8, 4) is 0 Å². The minimum atomic E-state index is -4.33. The Hall–Kier alpha value is -2.79. The summed E-state index contributed by atoms with van der Waals surface area (Å²) in [4.78, 5) is 41.0. The number of carbonyl (C=O) groups excluding carboxylic acids is 3. The molecule has 2 aromatic carbocycles. The van der Waals surface area contributed by atoms with Gasteiger partial charge in [0.05, 0.1) is 17.8 Å². The lowest BCUT2D eigenvalue weighted by atomic mass is 10.0. The van der Waals surface area contributed by atoms with Gasteiger partial charge in [0.25, 0.3) is 5.91 Å². The number of rotatable bonds is 8. The van der Waals surface area contributed by atoms with Gasteiger partial charge in [0.2, 0.25) is 0 Å². The van der Waals surface area contributed by atoms with Crippen molar-refractivity contribution >= 4 is 46.8 Å². The van der Waals surface area contributed by atoms with Gasteiger partial charge in [-0.15, -0.1) is 11.8 Å². The van der Waals surface area contributed by atoms with Crippen LogP contribution in [0.15, 0.2) is 41.3 Å². The number of hydrogen-bond donors (Lipinski definition) is 1. The van der Waals surface area contributed by atoms with Crippen LogP contribution < -0.4 is 10.2 Å². The second-order valence-corrected chi connectivity index (χ2v) is 12.4. The highest BCUT2D eigenvalue weighted by Gasteiger charge is 2.38. The number of nitrogens with one attached hydrogen (secondary N) is 1. The van der Waals surface area contributed by atoms with Crippen LogP contribution in [0.3, 0.4) is 0 Å². The number of Topliss-reactive ketones (excluding diaryl/α,β-unsaturated/α-hetero) is 1. The van der Waals surface area contributed by atoms with Crippen molar-refractivity contribution in [2.75, 3.05) is 4.90 Å². The number of anilines is 1. The van der Waals surface area contributed by atoms with Crippen LogP contribution >= 0.6 is 23.4 Å². The summed E-state index contributed by atoms with van der Waals surface area (Å²) >= 11 is 7.16. The zero-order valence-corrected chi connectivity index (χ0v) is 24.1. The molecule has 1 N–H and O–H groups in total. The quantitative estimate of drug-likeness (QED) is 0.190. The Bertz CT molecular complexity index is 1250. The molecule has 0 spiro atoms. The fourth-order valence-electron chi connectivity index (χ4n) is 4.11. The van der Waals surface area contributed by atoms with Gasteiger partial charge < -0.3 is 15.0 Å². The third-order valence-electron chi connectivity index (χ3n) is 5.99. The van der Waals surface area contributed by atoms with Crippen LogP contribution in [-0.4, -0.2) is 40.9 Å². The number of nitrogens with zero attached hydrogens (tertiary/aromatic N) is 1. The second-order valence-electron chi connectivity index (χ2n) is 10.5. The van der Waals surface area contributed by atoms with E-state index in [0.29, 0.717) is 15.5 Å². The number of unbranched alkanes of at least 4 members (excludes halogenated alkanes) is 1. The number of fused-ring (bicyclic) bond motifs is 1. The van der Waals surface area contributed by atoms with Crippen molar-refractivity contribution in [1.82, 2.24) is 5.32 Å². The lowest BCUT2D eigenvalue weighted by Gasteiger charge is -2.29. The number of ketones is 1. The molecule has 0 aliphatic carbocycles. The third-order valence-corrected chi connectivity index (χ3v) is 7.47. The third kappa shape index (κ3) is 8.86. The monoisotopic (exact) mass is 602 g/mol. The zero-order valence-electron chi connectivity index (χ0n) is 22.5. The second kappa shape index (κ2) is 12.8. The van der Waals surface area contributed by atoms with Crippen LogP contribution in [0.25, 0.3) is 0 Å². The standard InChI is InChI=1S/C28H31ClF4N2O4S/c1-16-24(34-26(38)39-27(2,3)4)25(37)35(15-17-8-10-18(29)11-9-17)21-13-19(20(30)14-23(21)40-16)22(36)7-5-6-12-28(31,32)33/h8-11,13-14,16,24H,5-7,12,15H2,1-4H3,(H,34,38)/t16-,24+/m1/s1. The van der Waals surface area contributed by atoms with Crippen molar-refractivity contribution < 1.29 is 36.7 Å². The van der Waals surface area contributed by atoms with E-state index in [4.69, 9.17) is 16.3 Å². The maximum atomic E-state index is 15.2. The highest BCUT2D eigenvalue weighted by atomic mass is 35.5. The first-order chi connectivity index (χ1) is 18.5. The smallest absolute Gasteiger partial charge is 0.408 e. The first-order valence-corrected chi connectivity index (χ1v) is 14.0. The van der Waals surface area contributed by atoms with Crippen molar-refractivity contribution in [3.05, 3.63) is 58.4 Å². The zero-order chi connectivity index (χ0) is 29.8. The molecule has 2 amide bonds. The van der Waals surface area contributed by atoms with E-state index in [-0.39, 0.29) is 37.1 Å². The van der Waals surface area contributed by atoms with Gasteiger partial charge in [0, 0.05) is 28.0 Å². The minimum Gasteiger partial charge on any atom is -0.444 e. The Morgan fingerprint density at radius 3 is 2.35 bits per heavy atom. The molecule has 12 heteroatoms. The minimum absolute atomic E-state index is 0.0215. The SMILES string of the molecule is C[C@H]1Sc2cc(F)c(C(=O)CCCCC(F)(F)F)cc2N(Cc2ccc(Cl)cc2)C(=O)[C@H]1NC(=O)OC(C)(C)C. The molecule has 0 bridgehead atoms. The summed E-state index contributed by atoms with van der Waals surface area (Å²) in [6.07, 6.45) is -6.75. The van der Waals surface area contributed by atoms with Gasteiger partial charge in [0.15, 0.2) is 5.78 Å². The predicted molar refractivity (Wildman–Crippen MR) is 146 cm³/mol. The van der Waals surface area contributed by atoms with Gasteiger partial charge in [-0.2, -0.15) is 13.2 Å². The maximum Gasteiger partial charge on any atom is 0.408 e. The molecular formula is C28H31ClF4N2O4S. The van der Waals surface area contributed by atoms with Crippen molar-refractivity contribution in [3.63, 3.8) is 0 Å². The molecule has 218 valence electrons. The molecule has 1 aliphatic heterocycles. The fourth-order valence-corrected chi connectivity index (χ4v) is 5.42. The first kappa shape index (κ1) is 31.7. The van der Waals surface area contributed by atoms with E-state index in [9.17, 15) is 27.6 Å². The molecule has 0 radical (unpaired) electrons. The number of thioether (sulfide) groups is 1. The normalized spacial score (nSPS) is 17.7. The number of halogens is 5. The Kier molecular flexibility index (Phi) is 10.2. The van der Waals surface area contributed by atoms with E-state index < -0.39 is 53.1 Å². The Morgan fingerprint density at radius 2 is 1.75 bits per heavy atom. The van der Waals surface area contributed by atoms with E-state index in [1.54, 1.807) is 52.0 Å². The van der Waals surface area contributed by atoms with Gasteiger partial charge >= 0.3 is 12.3 Å². The lowest BCUT2D eigenvalue weighted by molar-refractivity contribution is -0.135. The molecule has 0 saturated carbocycles. The molecule has 0 fully saturated rings. The lowest BCUT2D eigenvalue weighted by Crippen LogP contribution is -2.52. The number of alkyl halides is 3. The van der Waals surface area contributed by atoms with Crippen LogP contribution in [0, 0.1) is 5.82 Å². The summed E-state index contributed by atoms with van der Waals surface area (Å²) < 4.78 is 57.9. The number of carbonyl (C=O) groups is 3. The molecule has 2 aromatic rings. The van der Waals surface area contributed by atoms with Crippen LogP contribution in [-0.2, 0) is 16.1 Å². The molecule has 0 aromatic heterocycles. The van der Waals surface area contributed by atoms with Gasteiger partial charge in [-0.3, -0.25) is 9.59 Å². The summed E-state index contributed by atoms with van der Waals surface area (Å²) in [6.45, 7) is 6.79. The van der Waals surface area contributed by atoms with Crippen LogP contribution in [0.2, 0.25) is 5.02 Å². The first-order valence-electron chi connectivity index (χ1n) is 12.7.